The van der Waals surface area contributed by atoms with Crippen molar-refractivity contribution in [3.63, 3.8) is 0 Å². The summed E-state index contributed by atoms with van der Waals surface area (Å²) in [4.78, 5) is 21.5. The number of nitriles is 2. The first-order chi connectivity index (χ1) is 6.17. The molecule has 4 amide bonds. The highest BCUT2D eigenvalue weighted by Crippen LogP contribution is 1.98. The van der Waals surface area contributed by atoms with E-state index in [9.17, 15) is 9.59 Å². The molecular formula is C6H3N5O2. The molecule has 13 heavy (non-hydrogen) atoms. The maximum Gasteiger partial charge on any atom is 0.327 e. The second kappa shape index (κ2) is 3.24. The Hall–Kier alpha value is -2.54. The van der Waals surface area contributed by atoms with Crippen LogP contribution in [0, 0.1) is 22.7 Å². The summed E-state index contributed by atoms with van der Waals surface area (Å²) in [6, 6.07) is 1.44. The third kappa shape index (κ3) is 1.73. The van der Waals surface area contributed by atoms with Gasteiger partial charge in [0.05, 0.1) is 0 Å². The minimum Gasteiger partial charge on any atom is -0.296 e. The number of hydrogen-bond acceptors (Lipinski definition) is 4. The fourth-order valence-electron chi connectivity index (χ4n) is 0.685. The first-order valence-electron chi connectivity index (χ1n) is 3.11. The van der Waals surface area contributed by atoms with Crippen LogP contribution in [0.3, 0.4) is 0 Å². The molecule has 0 atom stereocenters. The molecule has 64 valence electrons. The molecule has 0 spiro atoms. The number of nitrogens with zero attached hydrogens (tertiary/aromatic N) is 2. The monoisotopic (exact) mass is 177 g/mol. The highest BCUT2D eigenvalue weighted by atomic mass is 16.2. The van der Waals surface area contributed by atoms with E-state index < -0.39 is 12.1 Å². The van der Waals surface area contributed by atoms with Gasteiger partial charge in [-0.1, -0.05) is 0 Å². The van der Waals surface area contributed by atoms with Gasteiger partial charge in [-0.05, 0) is 0 Å². The largest absolute Gasteiger partial charge is 0.327 e. The first kappa shape index (κ1) is 8.56. The zero-order chi connectivity index (χ0) is 9.84. The summed E-state index contributed by atoms with van der Waals surface area (Å²) in [6.07, 6.45) is 0. The van der Waals surface area contributed by atoms with Crippen molar-refractivity contribution in [3.8, 4) is 12.1 Å². The molecule has 0 fully saturated rings. The predicted molar refractivity (Wildman–Crippen MR) is 38.5 cm³/mol. The van der Waals surface area contributed by atoms with Gasteiger partial charge in [0.2, 0.25) is 0 Å². The van der Waals surface area contributed by atoms with Crippen molar-refractivity contribution in [2.75, 3.05) is 0 Å². The molecule has 1 aliphatic heterocycles. The lowest BCUT2D eigenvalue weighted by Gasteiger charge is -1.96. The zero-order valence-corrected chi connectivity index (χ0v) is 6.21. The predicted octanol–water partition coefficient (Wildman–Crippen LogP) is -0.732. The maximum absolute atomic E-state index is 10.7. The van der Waals surface area contributed by atoms with Crippen LogP contribution >= 0.6 is 0 Å². The molecule has 0 unspecified atom stereocenters. The van der Waals surface area contributed by atoms with E-state index in [0.717, 1.165) is 0 Å². The fraction of sp³-hybridized carbons (Fsp3) is 0. The van der Waals surface area contributed by atoms with Gasteiger partial charge in [0, 0.05) is 0 Å². The molecule has 1 aliphatic rings. The smallest absolute Gasteiger partial charge is 0.296 e. The molecular weight excluding hydrogens is 174 g/mol. The number of hydrogen-bond donors (Lipinski definition) is 3. The third-order valence-electron chi connectivity index (χ3n) is 1.18. The van der Waals surface area contributed by atoms with Gasteiger partial charge in [0.1, 0.15) is 12.1 Å². The summed E-state index contributed by atoms with van der Waals surface area (Å²) >= 11 is 0. The minimum absolute atomic E-state index is 0.286. The van der Waals surface area contributed by atoms with E-state index in [2.05, 4.69) is 0 Å². The van der Waals surface area contributed by atoms with E-state index in [1.165, 1.54) is 0 Å². The first-order valence-corrected chi connectivity index (χ1v) is 3.11. The molecule has 1 rings (SSSR count). The van der Waals surface area contributed by atoms with Crippen LogP contribution in [0.25, 0.3) is 0 Å². The fourth-order valence-corrected chi connectivity index (χ4v) is 0.685. The van der Waals surface area contributed by atoms with Crippen LogP contribution in [-0.2, 0) is 0 Å². The lowest BCUT2D eigenvalue weighted by atomic mass is 10.3. The van der Waals surface area contributed by atoms with Gasteiger partial charge in [-0.15, -0.1) is 0 Å². The summed E-state index contributed by atoms with van der Waals surface area (Å²) < 4.78 is 0. The van der Waals surface area contributed by atoms with Crippen LogP contribution in [0.5, 0.6) is 0 Å². The van der Waals surface area contributed by atoms with Crippen molar-refractivity contribution < 1.29 is 9.59 Å². The van der Waals surface area contributed by atoms with Gasteiger partial charge in [0.25, 0.3) is 0 Å². The molecule has 0 aromatic heterocycles. The Labute approximate surface area is 72.6 Å². The topological polar surface area (TPSA) is 118 Å². The second-order valence-electron chi connectivity index (χ2n) is 2.01. The van der Waals surface area contributed by atoms with Crippen molar-refractivity contribution >= 4 is 12.1 Å². The number of rotatable bonds is 0. The van der Waals surface area contributed by atoms with E-state index >= 15 is 0 Å². The van der Waals surface area contributed by atoms with Gasteiger partial charge < -0.3 is 0 Å². The van der Waals surface area contributed by atoms with E-state index in [1.807, 2.05) is 16.0 Å². The van der Waals surface area contributed by atoms with Crippen LogP contribution < -0.4 is 16.0 Å². The Morgan fingerprint density at radius 3 is 1.54 bits per heavy atom. The molecule has 0 radical (unpaired) electrons. The van der Waals surface area contributed by atoms with Crippen molar-refractivity contribution in [1.82, 2.24) is 16.0 Å². The Morgan fingerprint density at radius 2 is 1.23 bits per heavy atom. The number of urea groups is 2. The van der Waals surface area contributed by atoms with Crippen molar-refractivity contribution in [3.05, 3.63) is 11.4 Å². The van der Waals surface area contributed by atoms with E-state index in [1.54, 1.807) is 12.1 Å². The van der Waals surface area contributed by atoms with Gasteiger partial charge in [0.15, 0.2) is 11.4 Å². The number of amides is 4. The van der Waals surface area contributed by atoms with Crippen LogP contribution in [0.4, 0.5) is 9.59 Å². The number of carbonyl (C=O) groups excluding carboxylic acids is 2. The van der Waals surface area contributed by atoms with Crippen molar-refractivity contribution in [2.45, 2.75) is 0 Å². The number of allylic oxidation sites excluding steroid dienone is 2. The Morgan fingerprint density at radius 1 is 0.846 bits per heavy atom. The van der Waals surface area contributed by atoms with Crippen LogP contribution in [0.15, 0.2) is 11.4 Å². The molecule has 0 saturated carbocycles. The van der Waals surface area contributed by atoms with Crippen molar-refractivity contribution in [2.24, 2.45) is 0 Å². The highest BCUT2D eigenvalue weighted by Gasteiger charge is 2.19. The van der Waals surface area contributed by atoms with Gasteiger partial charge in [-0.25, -0.2) is 9.59 Å². The summed E-state index contributed by atoms with van der Waals surface area (Å²) in [7, 11) is 0. The van der Waals surface area contributed by atoms with E-state index in [0.29, 0.717) is 0 Å². The third-order valence-corrected chi connectivity index (χ3v) is 1.18. The summed E-state index contributed by atoms with van der Waals surface area (Å²) in [6.45, 7) is 0. The summed E-state index contributed by atoms with van der Waals surface area (Å²) in [5.74, 6) is 0. The van der Waals surface area contributed by atoms with Crippen LogP contribution in [0.2, 0.25) is 0 Å². The van der Waals surface area contributed by atoms with Gasteiger partial charge >= 0.3 is 12.1 Å². The molecule has 0 aromatic carbocycles. The molecule has 0 saturated heterocycles. The molecule has 0 aromatic rings. The molecule has 7 nitrogen and oxygen atoms in total. The van der Waals surface area contributed by atoms with Gasteiger partial charge in [-0.3, -0.25) is 16.0 Å². The average Bonchev–Trinajstić information content (AvgIpc) is 2.23. The second-order valence-corrected chi connectivity index (χ2v) is 2.01. The molecule has 0 aliphatic carbocycles. The maximum atomic E-state index is 10.7. The molecule has 0 bridgehead atoms. The number of nitrogens with one attached hydrogen (secondary N) is 3. The average molecular weight is 177 g/mol. The molecule has 1 heterocycles. The van der Waals surface area contributed by atoms with Crippen molar-refractivity contribution in [1.29, 1.82) is 10.5 Å². The van der Waals surface area contributed by atoms with E-state index in [4.69, 9.17) is 10.5 Å². The SMILES string of the molecule is N#CC1=C(C#N)NC(=O)NC(=O)N1. The van der Waals surface area contributed by atoms with Crippen LogP contribution in [-0.4, -0.2) is 12.1 Å². The number of imide groups is 1. The standard InChI is InChI=1S/C6H3N5O2/c7-1-3-4(2-8)10-6(13)11-5(12)9-3/h(H3,9,10,11,12,13). The minimum atomic E-state index is -0.848. The van der Waals surface area contributed by atoms with Gasteiger partial charge in [-0.2, -0.15) is 10.5 Å². The molecule has 7 heteroatoms. The molecule has 3 N–H and O–H groups in total. The summed E-state index contributed by atoms with van der Waals surface area (Å²) in [5.41, 5.74) is -0.572. The lowest BCUT2D eigenvalue weighted by molar-refractivity contribution is 0.232. The normalized spacial score (nSPS) is 15.8. The Balaban J connectivity index is 3.10. The Bertz CT molecular complexity index is 347. The Kier molecular flexibility index (Phi) is 2.13. The van der Waals surface area contributed by atoms with Crippen LogP contribution in [0.1, 0.15) is 0 Å². The summed E-state index contributed by atoms with van der Waals surface area (Å²) in [5, 5.41) is 22.8. The quantitative estimate of drug-likeness (QED) is 0.451. The van der Waals surface area contributed by atoms with E-state index in [-0.39, 0.29) is 11.4 Å². The number of carbonyl (C=O) groups is 2. The highest BCUT2D eigenvalue weighted by molar-refractivity contribution is 5.96. The zero-order valence-electron chi connectivity index (χ0n) is 6.21. The lowest BCUT2D eigenvalue weighted by Crippen LogP contribution is -2.39.